The topological polar surface area (TPSA) is 72.7 Å². The average molecular weight is 273 g/mol. The van der Waals surface area contributed by atoms with E-state index in [0.717, 1.165) is 17.0 Å². The predicted octanol–water partition coefficient (Wildman–Crippen LogP) is 1.71. The molecule has 2 heterocycles. The molecule has 6 heteroatoms. The molecule has 0 aromatic carbocycles. The molecular formula is C14H19N5O. The van der Waals surface area contributed by atoms with Gasteiger partial charge >= 0.3 is 0 Å². The number of nitrogens with zero attached hydrogens (tertiary/aromatic N) is 4. The lowest BCUT2D eigenvalue weighted by atomic mass is 10.1. The molecule has 0 unspecified atom stereocenters. The van der Waals surface area contributed by atoms with E-state index in [4.69, 9.17) is 0 Å². The van der Waals surface area contributed by atoms with E-state index in [-0.39, 0.29) is 5.91 Å². The number of rotatable bonds is 4. The molecule has 6 nitrogen and oxygen atoms in total. The number of aryl methyl sites for hydroxylation is 3. The Morgan fingerprint density at radius 3 is 2.70 bits per heavy atom. The highest BCUT2D eigenvalue weighted by Crippen LogP contribution is 2.14. The quantitative estimate of drug-likeness (QED) is 0.920. The van der Waals surface area contributed by atoms with Gasteiger partial charge in [0, 0.05) is 25.4 Å². The molecule has 2 rings (SSSR count). The van der Waals surface area contributed by atoms with Crippen molar-refractivity contribution in [3.05, 3.63) is 35.0 Å². The van der Waals surface area contributed by atoms with E-state index in [1.807, 2.05) is 25.6 Å². The first kappa shape index (κ1) is 14.2. The van der Waals surface area contributed by atoms with Crippen molar-refractivity contribution in [2.75, 3.05) is 5.32 Å². The molecule has 1 amide bonds. The molecule has 0 radical (unpaired) electrons. The zero-order valence-electron chi connectivity index (χ0n) is 12.3. The Hall–Kier alpha value is -2.24. The Balaban J connectivity index is 1.96. The summed E-state index contributed by atoms with van der Waals surface area (Å²) in [5.74, 6) is 1.13. The van der Waals surface area contributed by atoms with Gasteiger partial charge in [0.15, 0.2) is 0 Å². The number of anilines is 1. The van der Waals surface area contributed by atoms with E-state index in [1.54, 1.807) is 19.2 Å². The molecule has 2 aromatic rings. The number of carbonyl (C=O) groups excluding carboxylic acids is 1. The summed E-state index contributed by atoms with van der Waals surface area (Å²) in [5.41, 5.74) is 3.23. The Morgan fingerprint density at radius 1 is 1.35 bits per heavy atom. The molecule has 0 saturated heterocycles. The highest BCUT2D eigenvalue weighted by atomic mass is 16.1. The fourth-order valence-electron chi connectivity index (χ4n) is 2.15. The van der Waals surface area contributed by atoms with Crippen LogP contribution < -0.4 is 5.32 Å². The summed E-state index contributed by atoms with van der Waals surface area (Å²) < 4.78 is 1.84. The SMILES string of the molecule is Cc1nccc(NC(=O)CCc2c(C)nn(C)c2C)n1. The Morgan fingerprint density at radius 2 is 2.10 bits per heavy atom. The molecule has 0 fully saturated rings. The van der Waals surface area contributed by atoms with Gasteiger partial charge in [-0.05, 0) is 38.8 Å². The van der Waals surface area contributed by atoms with Crippen LogP contribution in [0.2, 0.25) is 0 Å². The highest BCUT2D eigenvalue weighted by molar-refractivity contribution is 5.89. The normalized spacial score (nSPS) is 10.6. The number of nitrogens with one attached hydrogen (secondary N) is 1. The van der Waals surface area contributed by atoms with Gasteiger partial charge in [-0.25, -0.2) is 9.97 Å². The average Bonchev–Trinajstić information content (AvgIpc) is 2.61. The second kappa shape index (κ2) is 5.81. The maximum atomic E-state index is 11.9. The Kier molecular flexibility index (Phi) is 4.12. The molecule has 0 spiro atoms. The summed E-state index contributed by atoms with van der Waals surface area (Å²) in [6.07, 6.45) is 2.73. The van der Waals surface area contributed by atoms with Crippen LogP contribution in [-0.4, -0.2) is 25.7 Å². The van der Waals surface area contributed by atoms with Gasteiger partial charge in [-0.1, -0.05) is 0 Å². The molecule has 0 atom stereocenters. The first-order valence-corrected chi connectivity index (χ1v) is 6.56. The molecule has 0 bridgehead atoms. The summed E-state index contributed by atoms with van der Waals surface area (Å²) in [5, 5.41) is 7.13. The lowest BCUT2D eigenvalue weighted by molar-refractivity contribution is -0.116. The van der Waals surface area contributed by atoms with Crippen LogP contribution in [0, 0.1) is 20.8 Å². The van der Waals surface area contributed by atoms with Crippen molar-refractivity contribution in [3.63, 3.8) is 0 Å². The van der Waals surface area contributed by atoms with Crippen molar-refractivity contribution in [1.29, 1.82) is 0 Å². The summed E-state index contributed by atoms with van der Waals surface area (Å²) in [6.45, 7) is 5.77. The van der Waals surface area contributed by atoms with E-state index in [9.17, 15) is 4.79 Å². The standard InChI is InChI=1S/C14H19N5O/c1-9-12(10(2)19(4)18-9)5-6-14(20)17-13-7-8-15-11(3)16-13/h7-8H,5-6H2,1-4H3,(H,15,16,17,20). The van der Waals surface area contributed by atoms with Crippen LogP contribution in [0.3, 0.4) is 0 Å². The zero-order valence-corrected chi connectivity index (χ0v) is 12.3. The number of carbonyl (C=O) groups is 1. The first-order valence-electron chi connectivity index (χ1n) is 6.56. The number of aromatic nitrogens is 4. The second-order valence-corrected chi connectivity index (χ2v) is 4.81. The zero-order chi connectivity index (χ0) is 14.7. The maximum absolute atomic E-state index is 11.9. The Bertz CT molecular complexity index is 632. The third-order valence-corrected chi connectivity index (χ3v) is 3.30. The van der Waals surface area contributed by atoms with Crippen LogP contribution in [0.15, 0.2) is 12.3 Å². The molecular weight excluding hydrogens is 254 g/mol. The van der Waals surface area contributed by atoms with Crippen LogP contribution in [0.5, 0.6) is 0 Å². The summed E-state index contributed by atoms with van der Waals surface area (Å²) in [4.78, 5) is 20.1. The molecule has 0 aliphatic rings. The van der Waals surface area contributed by atoms with E-state index < -0.39 is 0 Å². The first-order chi connectivity index (χ1) is 9.47. The van der Waals surface area contributed by atoms with Crippen LogP contribution >= 0.6 is 0 Å². The van der Waals surface area contributed by atoms with Gasteiger partial charge in [0.25, 0.3) is 0 Å². The number of amides is 1. The minimum Gasteiger partial charge on any atom is -0.311 e. The van der Waals surface area contributed by atoms with Crippen molar-refractivity contribution in [2.45, 2.75) is 33.6 Å². The van der Waals surface area contributed by atoms with Crippen LogP contribution in [0.4, 0.5) is 5.82 Å². The largest absolute Gasteiger partial charge is 0.311 e. The predicted molar refractivity (Wildman–Crippen MR) is 76.4 cm³/mol. The van der Waals surface area contributed by atoms with Gasteiger partial charge in [0.1, 0.15) is 11.6 Å². The Labute approximate surface area is 118 Å². The van der Waals surface area contributed by atoms with Crippen molar-refractivity contribution < 1.29 is 4.79 Å². The molecule has 0 aliphatic carbocycles. The van der Waals surface area contributed by atoms with E-state index in [1.165, 1.54) is 0 Å². The van der Waals surface area contributed by atoms with Gasteiger partial charge in [0.2, 0.25) is 5.91 Å². The maximum Gasteiger partial charge on any atom is 0.225 e. The van der Waals surface area contributed by atoms with Crippen molar-refractivity contribution >= 4 is 11.7 Å². The van der Waals surface area contributed by atoms with Gasteiger partial charge in [-0.15, -0.1) is 0 Å². The van der Waals surface area contributed by atoms with Gasteiger partial charge < -0.3 is 5.32 Å². The molecule has 20 heavy (non-hydrogen) atoms. The molecule has 0 aliphatic heterocycles. The lowest BCUT2D eigenvalue weighted by Crippen LogP contribution is -2.14. The second-order valence-electron chi connectivity index (χ2n) is 4.81. The monoisotopic (exact) mass is 273 g/mol. The number of hydrogen-bond acceptors (Lipinski definition) is 4. The molecule has 1 N–H and O–H groups in total. The van der Waals surface area contributed by atoms with Crippen molar-refractivity contribution in [2.24, 2.45) is 7.05 Å². The summed E-state index contributed by atoms with van der Waals surface area (Å²) >= 11 is 0. The van der Waals surface area contributed by atoms with Gasteiger partial charge in [0.05, 0.1) is 5.69 Å². The van der Waals surface area contributed by atoms with Gasteiger partial charge in [-0.3, -0.25) is 9.48 Å². The summed E-state index contributed by atoms with van der Waals surface area (Å²) in [7, 11) is 1.91. The number of hydrogen-bond donors (Lipinski definition) is 1. The fourth-order valence-corrected chi connectivity index (χ4v) is 2.15. The van der Waals surface area contributed by atoms with Crippen LogP contribution in [0.1, 0.15) is 29.2 Å². The minimum atomic E-state index is -0.0502. The van der Waals surface area contributed by atoms with Crippen molar-refractivity contribution in [3.8, 4) is 0 Å². The third kappa shape index (κ3) is 3.20. The van der Waals surface area contributed by atoms with E-state index >= 15 is 0 Å². The fraction of sp³-hybridized carbons (Fsp3) is 0.429. The smallest absolute Gasteiger partial charge is 0.225 e. The van der Waals surface area contributed by atoms with E-state index in [2.05, 4.69) is 20.4 Å². The van der Waals surface area contributed by atoms with Crippen LogP contribution in [-0.2, 0) is 18.3 Å². The molecule has 0 saturated carbocycles. The molecule has 106 valence electrons. The van der Waals surface area contributed by atoms with E-state index in [0.29, 0.717) is 24.5 Å². The summed E-state index contributed by atoms with van der Waals surface area (Å²) in [6, 6.07) is 1.69. The molecule has 2 aromatic heterocycles. The lowest BCUT2D eigenvalue weighted by Gasteiger charge is -2.05. The van der Waals surface area contributed by atoms with Crippen molar-refractivity contribution in [1.82, 2.24) is 19.7 Å². The van der Waals surface area contributed by atoms with Crippen LogP contribution in [0.25, 0.3) is 0 Å². The van der Waals surface area contributed by atoms with Gasteiger partial charge in [-0.2, -0.15) is 5.10 Å². The third-order valence-electron chi connectivity index (χ3n) is 3.30. The minimum absolute atomic E-state index is 0.0502. The highest BCUT2D eigenvalue weighted by Gasteiger charge is 2.11.